The molecule has 0 aliphatic heterocycles. The van der Waals surface area contributed by atoms with Gasteiger partial charge in [-0.2, -0.15) is 0 Å². The lowest BCUT2D eigenvalue weighted by molar-refractivity contribution is -0.126. The lowest BCUT2D eigenvalue weighted by Crippen LogP contribution is -2.31. The van der Waals surface area contributed by atoms with Crippen molar-refractivity contribution in [2.45, 2.75) is 45.2 Å². The van der Waals surface area contributed by atoms with Crippen LogP contribution in [0.4, 0.5) is 0 Å². The van der Waals surface area contributed by atoms with Crippen LogP contribution in [0, 0.1) is 5.92 Å². The second-order valence-electron chi connectivity index (χ2n) is 7.43. The van der Waals surface area contributed by atoms with E-state index >= 15 is 0 Å². The summed E-state index contributed by atoms with van der Waals surface area (Å²) in [5.74, 6) is -0.917. The van der Waals surface area contributed by atoms with Crippen LogP contribution in [0.1, 0.15) is 63.9 Å². The summed E-state index contributed by atoms with van der Waals surface area (Å²) in [5.41, 5.74) is 2.53. The average Bonchev–Trinajstić information content (AvgIpc) is 2.77. The maximum atomic E-state index is 12.3. The van der Waals surface area contributed by atoms with E-state index in [4.69, 9.17) is 5.11 Å². The maximum Gasteiger partial charge on any atom is 0.335 e. The zero-order valence-electron chi connectivity index (χ0n) is 16.3. The van der Waals surface area contributed by atoms with Gasteiger partial charge in [-0.3, -0.25) is 9.59 Å². The number of carbonyl (C=O) groups is 3. The summed E-state index contributed by atoms with van der Waals surface area (Å²) in [6.45, 7) is 0.783. The Balaban J connectivity index is 1.46. The molecule has 2 aromatic rings. The number of hydrogen-bond donors (Lipinski definition) is 3. The molecular weight excluding hydrogens is 368 g/mol. The summed E-state index contributed by atoms with van der Waals surface area (Å²) in [4.78, 5) is 35.4. The van der Waals surface area contributed by atoms with Crippen molar-refractivity contribution in [2.75, 3.05) is 0 Å². The second kappa shape index (κ2) is 9.87. The number of carboxylic acid groups (broad SMARTS) is 1. The Morgan fingerprint density at radius 3 is 1.83 bits per heavy atom. The van der Waals surface area contributed by atoms with Gasteiger partial charge in [0.1, 0.15) is 0 Å². The number of carboxylic acids is 1. The van der Waals surface area contributed by atoms with E-state index in [-0.39, 0.29) is 23.3 Å². The highest BCUT2D eigenvalue weighted by atomic mass is 16.4. The molecule has 2 amide bonds. The van der Waals surface area contributed by atoms with Crippen molar-refractivity contribution in [1.82, 2.24) is 10.6 Å². The molecule has 3 rings (SSSR count). The van der Waals surface area contributed by atoms with Gasteiger partial charge in [0.05, 0.1) is 5.56 Å². The third kappa shape index (κ3) is 5.91. The molecule has 6 nitrogen and oxygen atoms in total. The van der Waals surface area contributed by atoms with Gasteiger partial charge in [0.15, 0.2) is 0 Å². The molecule has 29 heavy (non-hydrogen) atoms. The first-order valence-electron chi connectivity index (χ1n) is 10.00. The predicted octanol–water partition coefficient (Wildman–Crippen LogP) is 3.51. The molecule has 0 spiro atoms. The van der Waals surface area contributed by atoms with Crippen LogP contribution in [0.25, 0.3) is 0 Å². The Morgan fingerprint density at radius 2 is 1.28 bits per heavy atom. The standard InChI is InChI=1S/C23H26N2O4/c26-21(18-4-2-1-3-5-18)24-14-16-6-10-19(11-7-16)22(27)25-15-17-8-12-20(13-9-17)23(28)29/h6-13,18H,1-5,14-15H2,(H,24,26)(H,25,27)(H,28,29). The summed E-state index contributed by atoms with van der Waals surface area (Å²) in [6, 6.07) is 13.6. The molecule has 152 valence electrons. The molecule has 1 aliphatic rings. The Morgan fingerprint density at radius 1 is 0.759 bits per heavy atom. The average molecular weight is 394 g/mol. The SMILES string of the molecule is O=C(O)c1ccc(CNC(=O)c2ccc(CNC(=O)C3CCCCC3)cc2)cc1. The van der Waals surface area contributed by atoms with Crippen molar-refractivity contribution in [3.63, 3.8) is 0 Å². The zero-order valence-corrected chi connectivity index (χ0v) is 16.3. The van der Waals surface area contributed by atoms with Crippen LogP contribution in [0.2, 0.25) is 0 Å². The van der Waals surface area contributed by atoms with Crippen molar-refractivity contribution in [3.05, 3.63) is 70.8 Å². The van der Waals surface area contributed by atoms with Crippen molar-refractivity contribution in [1.29, 1.82) is 0 Å². The van der Waals surface area contributed by atoms with Crippen LogP contribution < -0.4 is 10.6 Å². The molecule has 3 N–H and O–H groups in total. The van der Waals surface area contributed by atoms with E-state index in [0.717, 1.165) is 36.8 Å². The largest absolute Gasteiger partial charge is 0.478 e. The van der Waals surface area contributed by atoms with Crippen molar-refractivity contribution < 1.29 is 19.5 Å². The van der Waals surface area contributed by atoms with Gasteiger partial charge >= 0.3 is 5.97 Å². The van der Waals surface area contributed by atoms with Gasteiger partial charge in [-0.05, 0) is 48.2 Å². The van der Waals surface area contributed by atoms with Crippen LogP contribution >= 0.6 is 0 Å². The van der Waals surface area contributed by atoms with Crippen LogP contribution in [0.15, 0.2) is 48.5 Å². The highest BCUT2D eigenvalue weighted by molar-refractivity contribution is 5.94. The Labute approximate surface area is 170 Å². The number of aromatic carboxylic acids is 1. The fourth-order valence-corrected chi connectivity index (χ4v) is 3.52. The van der Waals surface area contributed by atoms with Gasteiger partial charge < -0.3 is 15.7 Å². The Hall–Kier alpha value is -3.15. The molecule has 0 aromatic heterocycles. The van der Waals surface area contributed by atoms with Gasteiger partial charge in [0, 0.05) is 24.6 Å². The number of carbonyl (C=O) groups excluding carboxylic acids is 2. The zero-order chi connectivity index (χ0) is 20.6. The first kappa shape index (κ1) is 20.6. The summed E-state index contributed by atoms with van der Waals surface area (Å²) in [7, 11) is 0. The van der Waals surface area contributed by atoms with E-state index in [9.17, 15) is 14.4 Å². The topological polar surface area (TPSA) is 95.5 Å². The summed E-state index contributed by atoms with van der Waals surface area (Å²) in [6.07, 6.45) is 5.44. The van der Waals surface area contributed by atoms with Gasteiger partial charge in [0.25, 0.3) is 5.91 Å². The summed E-state index contributed by atoms with van der Waals surface area (Å²) >= 11 is 0. The van der Waals surface area contributed by atoms with E-state index in [2.05, 4.69) is 10.6 Å². The fraction of sp³-hybridized carbons (Fsp3) is 0.348. The first-order chi connectivity index (χ1) is 14.0. The number of rotatable bonds is 7. The second-order valence-corrected chi connectivity index (χ2v) is 7.43. The molecule has 0 radical (unpaired) electrons. The number of nitrogens with one attached hydrogen (secondary N) is 2. The minimum Gasteiger partial charge on any atom is -0.478 e. The normalized spacial score (nSPS) is 14.2. The summed E-state index contributed by atoms with van der Waals surface area (Å²) in [5, 5.41) is 14.7. The predicted molar refractivity (Wildman–Crippen MR) is 109 cm³/mol. The Bertz CT molecular complexity index is 853. The number of benzene rings is 2. The number of amides is 2. The van der Waals surface area contributed by atoms with Crippen LogP contribution in [-0.2, 0) is 17.9 Å². The van der Waals surface area contributed by atoms with Gasteiger partial charge in [0.2, 0.25) is 5.91 Å². The van der Waals surface area contributed by atoms with Gasteiger partial charge in [-0.15, -0.1) is 0 Å². The van der Waals surface area contributed by atoms with E-state index in [1.165, 1.54) is 18.6 Å². The smallest absolute Gasteiger partial charge is 0.335 e. The molecule has 0 atom stereocenters. The first-order valence-corrected chi connectivity index (χ1v) is 10.00. The molecule has 0 bridgehead atoms. The molecular formula is C23H26N2O4. The van der Waals surface area contributed by atoms with E-state index < -0.39 is 5.97 Å². The highest BCUT2D eigenvalue weighted by Crippen LogP contribution is 2.23. The third-order valence-corrected chi connectivity index (χ3v) is 5.31. The third-order valence-electron chi connectivity index (χ3n) is 5.31. The molecule has 0 unspecified atom stereocenters. The molecule has 1 fully saturated rings. The molecule has 2 aromatic carbocycles. The monoisotopic (exact) mass is 394 g/mol. The van der Waals surface area contributed by atoms with E-state index in [1.807, 2.05) is 12.1 Å². The van der Waals surface area contributed by atoms with Crippen molar-refractivity contribution in [3.8, 4) is 0 Å². The fourth-order valence-electron chi connectivity index (χ4n) is 3.52. The summed E-state index contributed by atoms with van der Waals surface area (Å²) < 4.78 is 0. The van der Waals surface area contributed by atoms with Crippen LogP contribution in [0.5, 0.6) is 0 Å². The van der Waals surface area contributed by atoms with E-state index in [0.29, 0.717) is 18.7 Å². The van der Waals surface area contributed by atoms with Crippen LogP contribution in [0.3, 0.4) is 0 Å². The molecule has 0 heterocycles. The highest BCUT2D eigenvalue weighted by Gasteiger charge is 2.20. The minimum absolute atomic E-state index is 0.125. The molecule has 1 saturated carbocycles. The Kier molecular flexibility index (Phi) is 7.00. The quantitative estimate of drug-likeness (QED) is 0.670. The number of hydrogen-bond acceptors (Lipinski definition) is 3. The van der Waals surface area contributed by atoms with Gasteiger partial charge in [-0.25, -0.2) is 4.79 Å². The van der Waals surface area contributed by atoms with E-state index in [1.54, 1.807) is 24.3 Å². The lowest BCUT2D eigenvalue weighted by Gasteiger charge is -2.20. The van der Waals surface area contributed by atoms with Crippen LogP contribution in [-0.4, -0.2) is 22.9 Å². The molecule has 0 saturated heterocycles. The maximum absolute atomic E-state index is 12.3. The molecule has 1 aliphatic carbocycles. The van der Waals surface area contributed by atoms with Crippen molar-refractivity contribution in [2.24, 2.45) is 5.92 Å². The van der Waals surface area contributed by atoms with Crippen molar-refractivity contribution >= 4 is 17.8 Å². The lowest BCUT2D eigenvalue weighted by atomic mass is 9.88. The minimum atomic E-state index is -0.976. The molecule has 6 heteroatoms. The van der Waals surface area contributed by atoms with Gasteiger partial charge in [-0.1, -0.05) is 43.5 Å².